The first kappa shape index (κ1) is 10.4. The van der Waals surface area contributed by atoms with Gasteiger partial charge in [-0.05, 0) is 37.7 Å². The molecule has 1 aliphatic rings. The van der Waals surface area contributed by atoms with Gasteiger partial charge in [-0.2, -0.15) is 0 Å². The van der Waals surface area contributed by atoms with Crippen LogP contribution in [0.5, 0.6) is 0 Å². The molecule has 13 heavy (non-hydrogen) atoms. The average molecular weight is 176 g/mol. The fraction of sp³-hybridized carbons (Fsp3) is 0.692. The first-order valence-corrected chi connectivity index (χ1v) is 5.61. The van der Waals surface area contributed by atoms with Crippen LogP contribution >= 0.6 is 0 Å². The van der Waals surface area contributed by atoms with Crippen molar-refractivity contribution in [3.8, 4) is 11.8 Å². The highest BCUT2D eigenvalue weighted by Gasteiger charge is 1.98. The number of unbranched alkanes of at least 4 members (excludes halogenated alkanes) is 3. The topological polar surface area (TPSA) is 0 Å². The predicted octanol–water partition coefficient (Wildman–Crippen LogP) is 4.07. The molecule has 0 aliphatic heterocycles. The maximum atomic E-state index is 3.29. The summed E-state index contributed by atoms with van der Waals surface area (Å²) in [5, 5.41) is 0. The molecule has 0 atom stereocenters. The van der Waals surface area contributed by atoms with Gasteiger partial charge in [-0.25, -0.2) is 0 Å². The van der Waals surface area contributed by atoms with E-state index in [1.54, 1.807) is 0 Å². The van der Waals surface area contributed by atoms with Crippen LogP contribution in [0, 0.1) is 11.8 Å². The van der Waals surface area contributed by atoms with E-state index >= 15 is 0 Å². The van der Waals surface area contributed by atoms with Crippen LogP contribution in [0.1, 0.15) is 58.3 Å². The lowest BCUT2D eigenvalue weighted by molar-refractivity contribution is 0.714. The lowest BCUT2D eigenvalue weighted by Crippen LogP contribution is -1.88. The third-order valence-electron chi connectivity index (χ3n) is 2.45. The number of allylic oxidation sites excluding steroid dienone is 2. The van der Waals surface area contributed by atoms with E-state index in [0.29, 0.717) is 0 Å². The highest BCUT2D eigenvalue weighted by Crippen LogP contribution is 2.16. The van der Waals surface area contributed by atoms with Crippen LogP contribution in [0.15, 0.2) is 11.6 Å². The van der Waals surface area contributed by atoms with Crippen molar-refractivity contribution in [2.24, 2.45) is 0 Å². The zero-order valence-corrected chi connectivity index (χ0v) is 8.73. The summed E-state index contributed by atoms with van der Waals surface area (Å²) < 4.78 is 0. The molecule has 1 rings (SSSR count). The second-order valence-corrected chi connectivity index (χ2v) is 3.73. The Labute approximate surface area is 82.4 Å². The Morgan fingerprint density at radius 1 is 1.31 bits per heavy atom. The summed E-state index contributed by atoms with van der Waals surface area (Å²) >= 11 is 0. The van der Waals surface area contributed by atoms with Crippen molar-refractivity contribution in [3.63, 3.8) is 0 Å². The van der Waals surface area contributed by atoms with Crippen LogP contribution in [0.3, 0.4) is 0 Å². The molecule has 0 nitrogen and oxygen atoms in total. The summed E-state index contributed by atoms with van der Waals surface area (Å²) in [6, 6.07) is 0. The quantitative estimate of drug-likeness (QED) is 0.449. The Kier molecular flexibility index (Phi) is 5.41. The fourth-order valence-electron chi connectivity index (χ4n) is 1.59. The molecule has 0 saturated carbocycles. The van der Waals surface area contributed by atoms with Crippen LogP contribution in [-0.4, -0.2) is 0 Å². The Bertz CT molecular complexity index is 212. The molecule has 0 aromatic carbocycles. The van der Waals surface area contributed by atoms with E-state index in [-0.39, 0.29) is 0 Å². The highest BCUT2D eigenvalue weighted by molar-refractivity contribution is 5.29. The van der Waals surface area contributed by atoms with Crippen LogP contribution in [0.25, 0.3) is 0 Å². The van der Waals surface area contributed by atoms with Gasteiger partial charge in [-0.3, -0.25) is 0 Å². The fourth-order valence-corrected chi connectivity index (χ4v) is 1.59. The summed E-state index contributed by atoms with van der Waals surface area (Å²) in [5.74, 6) is 6.56. The van der Waals surface area contributed by atoms with Crippen LogP contribution in [0.4, 0.5) is 0 Å². The molecule has 0 heterocycles. The van der Waals surface area contributed by atoms with E-state index in [1.165, 1.54) is 50.5 Å². The lowest BCUT2D eigenvalue weighted by Gasteiger charge is -2.05. The van der Waals surface area contributed by atoms with Gasteiger partial charge in [0.05, 0.1) is 0 Å². The van der Waals surface area contributed by atoms with Crippen molar-refractivity contribution >= 4 is 0 Å². The Balaban J connectivity index is 2.17. The van der Waals surface area contributed by atoms with Crippen LogP contribution in [-0.2, 0) is 0 Å². The molecular weight excluding hydrogens is 156 g/mol. The standard InChI is InChI=1S/C13H20/c1-2-3-4-5-7-10-13-11-8-6-9-12-13/h11H,2-6,8-9,12H2,1H3. The zero-order valence-electron chi connectivity index (χ0n) is 8.73. The molecular formula is C13H20. The summed E-state index contributed by atoms with van der Waals surface area (Å²) in [6.07, 6.45) is 12.5. The third-order valence-corrected chi connectivity index (χ3v) is 2.45. The number of rotatable bonds is 3. The normalized spacial score (nSPS) is 15.9. The van der Waals surface area contributed by atoms with Gasteiger partial charge in [0.1, 0.15) is 0 Å². The third kappa shape index (κ3) is 4.78. The molecule has 0 aromatic rings. The molecule has 0 saturated heterocycles. The molecule has 0 heteroatoms. The summed E-state index contributed by atoms with van der Waals surface area (Å²) in [4.78, 5) is 0. The van der Waals surface area contributed by atoms with Crippen molar-refractivity contribution in [3.05, 3.63) is 11.6 Å². The summed E-state index contributed by atoms with van der Waals surface area (Å²) in [7, 11) is 0. The zero-order chi connectivity index (χ0) is 9.36. The molecule has 0 N–H and O–H groups in total. The first-order valence-electron chi connectivity index (χ1n) is 5.61. The monoisotopic (exact) mass is 176 g/mol. The lowest BCUT2D eigenvalue weighted by atomic mass is 10.00. The molecule has 72 valence electrons. The summed E-state index contributed by atoms with van der Waals surface area (Å²) in [5.41, 5.74) is 1.39. The molecule has 0 amide bonds. The van der Waals surface area contributed by atoms with E-state index in [1.807, 2.05) is 0 Å². The minimum Gasteiger partial charge on any atom is -0.0982 e. The minimum absolute atomic E-state index is 1.09. The Hall–Kier alpha value is -0.700. The van der Waals surface area contributed by atoms with E-state index in [0.717, 1.165) is 6.42 Å². The minimum atomic E-state index is 1.09. The Morgan fingerprint density at radius 3 is 2.92 bits per heavy atom. The number of hydrogen-bond acceptors (Lipinski definition) is 0. The molecule has 0 radical (unpaired) electrons. The van der Waals surface area contributed by atoms with E-state index in [9.17, 15) is 0 Å². The van der Waals surface area contributed by atoms with Crippen LogP contribution in [0.2, 0.25) is 0 Å². The molecule has 0 unspecified atom stereocenters. The average Bonchev–Trinajstić information content (AvgIpc) is 2.19. The molecule has 0 bridgehead atoms. The molecule has 0 aromatic heterocycles. The van der Waals surface area contributed by atoms with E-state index < -0.39 is 0 Å². The van der Waals surface area contributed by atoms with Gasteiger partial charge < -0.3 is 0 Å². The maximum Gasteiger partial charge on any atom is 0.00923 e. The van der Waals surface area contributed by atoms with Crippen molar-refractivity contribution in [1.82, 2.24) is 0 Å². The second kappa shape index (κ2) is 6.78. The maximum absolute atomic E-state index is 3.29. The van der Waals surface area contributed by atoms with Gasteiger partial charge in [0, 0.05) is 6.42 Å². The largest absolute Gasteiger partial charge is 0.0982 e. The Morgan fingerprint density at radius 2 is 2.23 bits per heavy atom. The van der Waals surface area contributed by atoms with Crippen molar-refractivity contribution in [2.75, 3.05) is 0 Å². The second-order valence-electron chi connectivity index (χ2n) is 3.73. The molecule has 1 aliphatic carbocycles. The van der Waals surface area contributed by atoms with Crippen molar-refractivity contribution in [1.29, 1.82) is 0 Å². The van der Waals surface area contributed by atoms with E-state index in [4.69, 9.17) is 0 Å². The van der Waals surface area contributed by atoms with Gasteiger partial charge in [-0.15, -0.1) is 0 Å². The summed E-state index contributed by atoms with van der Waals surface area (Å²) in [6.45, 7) is 2.23. The number of hydrogen-bond donors (Lipinski definition) is 0. The molecule has 0 fully saturated rings. The van der Waals surface area contributed by atoms with Gasteiger partial charge in [0.25, 0.3) is 0 Å². The SMILES string of the molecule is CCCCCC#CC1=CCCCC1. The van der Waals surface area contributed by atoms with Crippen molar-refractivity contribution < 1.29 is 0 Å². The van der Waals surface area contributed by atoms with Gasteiger partial charge >= 0.3 is 0 Å². The van der Waals surface area contributed by atoms with E-state index in [2.05, 4.69) is 24.8 Å². The van der Waals surface area contributed by atoms with Crippen molar-refractivity contribution in [2.45, 2.75) is 58.3 Å². The smallest absolute Gasteiger partial charge is 0.00923 e. The highest BCUT2D eigenvalue weighted by atomic mass is 14.0. The molecule has 0 spiro atoms. The van der Waals surface area contributed by atoms with Crippen LogP contribution < -0.4 is 0 Å². The van der Waals surface area contributed by atoms with Gasteiger partial charge in [0.15, 0.2) is 0 Å². The van der Waals surface area contributed by atoms with Gasteiger partial charge in [0.2, 0.25) is 0 Å². The predicted molar refractivity (Wildman–Crippen MR) is 58.5 cm³/mol. The first-order chi connectivity index (χ1) is 6.43. The van der Waals surface area contributed by atoms with Gasteiger partial charge in [-0.1, -0.05) is 37.7 Å².